The van der Waals surface area contributed by atoms with Crippen LogP contribution in [0.15, 0.2) is 24.3 Å². The highest BCUT2D eigenvalue weighted by Gasteiger charge is 2.13. The molecule has 0 unspecified atom stereocenters. The van der Waals surface area contributed by atoms with Gasteiger partial charge < -0.3 is 10.1 Å². The number of likely N-dealkylation sites (tertiary alicyclic amines) is 1. The van der Waals surface area contributed by atoms with Crippen LogP contribution in [-0.2, 0) is 4.79 Å². The van der Waals surface area contributed by atoms with Gasteiger partial charge in [0.15, 0.2) is 0 Å². The number of amides is 1. The van der Waals surface area contributed by atoms with E-state index < -0.39 is 0 Å². The van der Waals surface area contributed by atoms with Crippen LogP contribution in [0.2, 0.25) is 0 Å². The number of carbonyl (C=O) groups excluding carboxylic acids is 1. The van der Waals surface area contributed by atoms with Gasteiger partial charge in [0.25, 0.3) is 0 Å². The van der Waals surface area contributed by atoms with Gasteiger partial charge in [0.2, 0.25) is 5.91 Å². The Balaban J connectivity index is 1.83. The molecule has 1 amide bonds. The first-order valence-corrected chi connectivity index (χ1v) is 8.38. The van der Waals surface area contributed by atoms with E-state index in [4.69, 9.17) is 4.74 Å². The summed E-state index contributed by atoms with van der Waals surface area (Å²) in [4.78, 5) is 14.4. The molecule has 1 heterocycles. The van der Waals surface area contributed by atoms with Crippen molar-refractivity contribution in [3.05, 3.63) is 24.3 Å². The Labute approximate surface area is 133 Å². The van der Waals surface area contributed by atoms with Gasteiger partial charge in [-0.15, -0.1) is 0 Å². The number of ether oxygens (including phenoxy) is 1. The zero-order valence-electron chi connectivity index (χ0n) is 13.8. The summed E-state index contributed by atoms with van der Waals surface area (Å²) in [6.07, 6.45) is 4.97. The first kappa shape index (κ1) is 16.8. The molecule has 122 valence electrons. The molecule has 0 aliphatic carbocycles. The number of anilines is 1. The number of carbonyl (C=O) groups is 1. The molecule has 0 spiro atoms. The Morgan fingerprint density at radius 2 is 1.95 bits per heavy atom. The Morgan fingerprint density at radius 3 is 2.64 bits per heavy atom. The van der Waals surface area contributed by atoms with Gasteiger partial charge >= 0.3 is 0 Å². The molecule has 2 rings (SSSR count). The van der Waals surface area contributed by atoms with E-state index in [1.807, 2.05) is 24.3 Å². The van der Waals surface area contributed by atoms with Crippen molar-refractivity contribution in [2.75, 3.05) is 31.6 Å². The van der Waals surface area contributed by atoms with Crippen LogP contribution in [0.1, 0.15) is 39.5 Å². The maximum Gasteiger partial charge on any atom is 0.238 e. The Hall–Kier alpha value is -1.55. The summed E-state index contributed by atoms with van der Waals surface area (Å²) in [6.45, 7) is 7.47. The summed E-state index contributed by atoms with van der Waals surface area (Å²) >= 11 is 0. The lowest BCUT2D eigenvalue weighted by Gasteiger charge is -2.19. The summed E-state index contributed by atoms with van der Waals surface area (Å²) in [6, 6.07) is 7.63. The van der Waals surface area contributed by atoms with E-state index in [1.165, 1.54) is 25.7 Å². The lowest BCUT2D eigenvalue weighted by Crippen LogP contribution is -2.33. The number of nitrogens with zero attached hydrogens (tertiary/aromatic N) is 1. The number of hydrogen-bond acceptors (Lipinski definition) is 3. The van der Waals surface area contributed by atoms with E-state index in [9.17, 15) is 4.79 Å². The lowest BCUT2D eigenvalue weighted by atomic mass is 10.2. The topological polar surface area (TPSA) is 41.6 Å². The van der Waals surface area contributed by atoms with Crippen molar-refractivity contribution in [1.29, 1.82) is 0 Å². The second kappa shape index (κ2) is 8.79. The van der Waals surface area contributed by atoms with E-state index in [0.717, 1.165) is 24.5 Å². The Bertz CT molecular complexity index is 466. The average molecular weight is 304 g/mol. The van der Waals surface area contributed by atoms with Crippen molar-refractivity contribution in [2.24, 2.45) is 5.92 Å². The van der Waals surface area contributed by atoms with Crippen molar-refractivity contribution in [3.63, 3.8) is 0 Å². The van der Waals surface area contributed by atoms with Gasteiger partial charge in [0, 0.05) is 11.8 Å². The van der Waals surface area contributed by atoms with E-state index in [-0.39, 0.29) is 5.91 Å². The van der Waals surface area contributed by atoms with Gasteiger partial charge in [-0.25, -0.2) is 0 Å². The van der Waals surface area contributed by atoms with E-state index in [1.54, 1.807) is 0 Å². The van der Waals surface area contributed by atoms with Crippen LogP contribution in [0.3, 0.4) is 0 Å². The summed E-state index contributed by atoms with van der Waals surface area (Å²) < 4.78 is 5.69. The molecule has 1 aliphatic rings. The fourth-order valence-corrected chi connectivity index (χ4v) is 2.62. The van der Waals surface area contributed by atoms with Crippen LogP contribution in [0, 0.1) is 5.92 Å². The molecule has 0 bridgehead atoms. The van der Waals surface area contributed by atoms with Gasteiger partial charge in [0.05, 0.1) is 13.2 Å². The monoisotopic (exact) mass is 304 g/mol. The zero-order valence-corrected chi connectivity index (χ0v) is 13.8. The highest BCUT2D eigenvalue weighted by Crippen LogP contribution is 2.18. The Morgan fingerprint density at radius 1 is 1.23 bits per heavy atom. The second-order valence-corrected chi connectivity index (χ2v) is 6.47. The SMILES string of the molecule is CC(C)COc1cccc(NC(=O)CN2CCCCCC2)c1. The van der Waals surface area contributed by atoms with Crippen LogP contribution in [-0.4, -0.2) is 37.0 Å². The highest BCUT2D eigenvalue weighted by molar-refractivity contribution is 5.92. The second-order valence-electron chi connectivity index (χ2n) is 6.47. The molecular weight excluding hydrogens is 276 g/mol. The quantitative estimate of drug-likeness (QED) is 0.874. The van der Waals surface area contributed by atoms with Crippen LogP contribution in [0.4, 0.5) is 5.69 Å². The maximum absolute atomic E-state index is 12.2. The van der Waals surface area contributed by atoms with Crippen molar-refractivity contribution in [2.45, 2.75) is 39.5 Å². The van der Waals surface area contributed by atoms with Gasteiger partial charge in [-0.3, -0.25) is 9.69 Å². The minimum Gasteiger partial charge on any atom is -0.493 e. The summed E-state index contributed by atoms with van der Waals surface area (Å²) in [5.41, 5.74) is 0.807. The fourth-order valence-electron chi connectivity index (χ4n) is 2.62. The molecule has 0 aromatic heterocycles. The first-order chi connectivity index (χ1) is 10.6. The predicted molar refractivity (Wildman–Crippen MR) is 90.3 cm³/mol. The van der Waals surface area contributed by atoms with Crippen molar-refractivity contribution >= 4 is 11.6 Å². The normalized spacial score (nSPS) is 16.3. The summed E-state index contributed by atoms with van der Waals surface area (Å²) in [7, 11) is 0. The van der Waals surface area contributed by atoms with Crippen molar-refractivity contribution < 1.29 is 9.53 Å². The van der Waals surface area contributed by atoms with Crippen LogP contribution < -0.4 is 10.1 Å². The third-order valence-corrected chi connectivity index (χ3v) is 3.77. The van der Waals surface area contributed by atoms with Gasteiger partial charge in [-0.2, -0.15) is 0 Å². The van der Waals surface area contributed by atoms with Crippen LogP contribution in [0.25, 0.3) is 0 Å². The zero-order chi connectivity index (χ0) is 15.8. The molecule has 4 heteroatoms. The molecule has 1 fully saturated rings. The molecule has 1 N–H and O–H groups in total. The average Bonchev–Trinajstić information content (AvgIpc) is 2.74. The van der Waals surface area contributed by atoms with Gasteiger partial charge in [0.1, 0.15) is 5.75 Å². The van der Waals surface area contributed by atoms with Crippen molar-refractivity contribution in [1.82, 2.24) is 4.90 Å². The molecule has 1 saturated heterocycles. The molecular formula is C18H28N2O2. The van der Waals surface area contributed by atoms with Crippen molar-refractivity contribution in [3.8, 4) is 5.75 Å². The standard InChI is InChI=1S/C18H28N2O2/c1-15(2)14-22-17-9-7-8-16(12-17)19-18(21)13-20-10-5-3-4-6-11-20/h7-9,12,15H,3-6,10-11,13-14H2,1-2H3,(H,19,21). The van der Waals surface area contributed by atoms with E-state index in [2.05, 4.69) is 24.1 Å². The molecule has 1 aliphatic heterocycles. The Kier molecular flexibility index (Phi) is 6.72. The molecule has 0 radical (unpaired) electrons. The minimum absolute atomic E-state index is 0.0582. The molecule has 1 aromatic carbocycles. The molecule has 0 saturated carbocycles. The third-order valence-electron chi connectivity index (χ3n) is 3.77. The largest absolute Gasteiger partial charge is 0.493 e. The lowest BCUT2D eigenvalue weighted by molar-refractivity contribution is -0.117. The maximum atomic E-state index is 12.2. The highest BCUT2D eigenvalue weighted by atomic mass is 16.5. The minimum atomic E-state index is 0.0582. The molecule has 0 atom stereocenters. The number of benzene rings is 1. The van der Waals surface area contributed by atoms with Crippen LogP contribution in [0.5, 0.6) is 5.75 Å². The van der Waals surface area contributed by atoms with E-state index in [0.29, 0.717) is 19.1 Å². The number of rotatable bonds is 6. The summed E-state index contributed by atoms with van der Waals surface area (Å²) in [5.74, 6) is 1.35. The number of hydrogen-bond donors (Lipinski definition) is 1. The summed E-state index contributed by atoms with van der Waals surface area (Å²) in [5, 5.41) is 2.98. The predicted octanol–water partition coefficient (Wildman–Crippen LogP) is 3.54. The first-order valence-electron chi connectivity index (χ1n) is 8.38. The number of nitrogens with one attached hydrogen (secondary N) is 1. The smallest absolute Gasteiger partial charge is 0.238 e. The van der Waals surface area contributed by atoms with Crippen LogP contribution >= 0.6 is 0 Å². The molecule has 4 nitrogen and oxygen atoms in total. The van der Waals surface area contributed by atoms with E-state index >= 15 is 0 Å². The van der Waals surface area contributed by atoms with Gasteiger partial charge in [-0.1, -0.05) is 32.8 Å². The van der Waals surface area contributed by atoms with Gasteiger partial charge in [-0.05, 0) is 44.0 Å². The molecule has 22 heavy (non-hydrogen) atoms. The molecule has 1 aromatic rings. The fraction of sp³-hybridized carbons (Fsp3) is 0.611. The third kappa shape index (κ3) is 6.06.